The highest BCUT2D eigenvalue weighted by Crippen LogP contribution is 2.15. The summed E-state index contributed by atoms with van der Waals surface area (Å²) in [6, 6.07) is 16.2. The lowest BCUT2D eigenvalue weighted by Crippen LogP contribution is -2.20. The Morgan fingerprint density at radius 2 is 1.73 bits per heavy atom. The van der Waals surface area contributed by atoms with Crippen LogP contribution in [-0.4, -0.2) is 24.6 Å². The van der Waals surface area contributed by atoms with Gasteiger partial charge in [-0.3, -0.25) is 9.59 Å². The van der Waals surface area contributed by atoms with Gasteiger partial charge < -0.3 is 10.1 Å². The van der Waals surface area contributed by atoms with Crippen LogP contribution in [0.4, 0.5) is 5.69 Å². The molecule has 0 radical (unpaired) electrons. The van der Waals surface area contributed by atoms with Gasteiger partial charge in [-0.25, -0.2) is 5.43 Å². The molecule has 0 aliphatic rings. The van der Waals surface area contributed by atoms with E-state index in [4.69, 9.17) is 11.2 Å². The number of amides is 2. The number of carbonyl (C=O) groups is 2. The number of hydrogen-bond acceptors (Lipinski definition) is 4. The first kappa shape index (κ1) is 18.7. The topological polar surface area (TPSA) is 79.8 Å². The van der Waals surface area contributed by atoms with E-state index in [0.717, 1.165) is 0 Å². The first-order valence-corrected chi connectivity index (χ1v) is 8.01. The van der Waals surface area contributed by atoms with Crippen LogP contribution in [0, 0.1) is 12.3 Å². The molecular formula is C20H19N3O3. The molecule has 132 valence electrons. The lowest BCUT2D eigenvalue weighted by atomic mass is 10.2. The monoisotopic (exact) mass is 349 g/mol. The van der Waals surface area contributed by atoms with Crippen molar-refractivity contribution in [2.24, 2.45) is 5.10 Å². The summed E-state index contributed by atoms with van der Waals surface area (Å²) in [4.78, 5) is 23.6. The van der Waals surface area contributed by atoms with E-state index in [1.54, 1.807) is 24.3 Å². The molecule has 0 spiro atoms. The maximum Gasteiger partial charge on any atom is 0.240 e. The molecule has 0 bridgehead atoms. The summed E-state index contributed by atoms with van der Waals surface area (Å²) in [5.74, 6) is 2.37. The first-order chi connectivity index (χ1) is 12.7. The Balaban J connectivity index is 1.77. The fourth-order valence-corrected chi connectivity index (χ4v) is 2.04. The predicted molar refractivity (Wildman–Crippen MR) is 101 cm³/mol. The maximum absolute atomic E-state index is 11.8. The molecule has 0 fully saturated rings. The summed E-state index contributed by atoms with van der Waals surface area (Å²) in [7, 11) is 0. The zero-order valence-corrected chi connectivity index (χ0v) is 14.1. The van der Waals surface area contributed by atoms with Crippen molar-refractivity contribution in [1.82, 2.24) is 5.43 Å². The zero-order valence-electron chi connectivity index (χ0n) is 14.1. The van der Waals surface area contributed by atoms with Gasteiger partial charge in [0.2, 0.25) is 11.8 Å². The number of benzene rings is 2. The summed E-state index contributed by atoms with van der Waals surface area (Å²) in [6.45, 7) is 0.147. The highest BCUT2D eigenvalue weighted by Gasteiger charge is 2.06. The second-order valence-corrected chi connectivity index (χ2v) is 5.24. The van der Waals surface area contributed by atoms with Gasteiger partial charge in [0.15, 0.2) is 0 Å². The minimum atomic E-state index is -0.355. The van der Waals surface area contributed by atoms with Crippen molar-refractivity contribution in [1.29, 1.82) is 0 Å². The Kier molecular flexibility index (Phi) is 7.43. The quantitative estimate of drug-likeness (QED) is 0.437. The van der Waals surface area contributed by atoms with Crippen molar-refractivity contribution in [3.05, 3.63) is 60.2 Å². The lowest BCUT2D eigenvalue weighted by molar-refractivity contribution is -0.124. The van der Waals surface area contributed by atoms with E-state index >= 15 is 0 Å². The second kappa shape index (κ2) is 10.3. The molecule has 2 aromatic rings. The number of ether oxygens (including phenoxy) is 1. The van der Waals surface area contributed by atoms with Crippen LogP contribution in [0.1, 0.15) is 18.4 Å². The molecular weight excluding hydrogens is 330 g/mol. The highest BCUT2D eigenvalue weighted by atomic mass is 16.5. The third-order valence-corrected chi connectivity index (χ3v) is 3.26. The molecule has 0 atom stereocenters. The molecule has 26 heavy (non-hydrogen) atoms. The number of carbonyl (C=O) groups excluding carboxylic acids is 2. The van der Waals surface area contributed by atoms with Crippen molar-refractivity contribution in [3.63, 3.8) is 0 Å². The van der Waals surface area contributed by atoms with E-state index in [2.05, 4.69) is 21.8 Å². The molecule has 2 aromatic carbocycles. The van der Waals surface area contributed by atoms with E-state index in [0.29, 0.717) is 17.0 Å². The number of terminal acetylenes is 1. The number of nitrogens with one attached hydrogen (secondary N) is 2. The van der Waals surface area contributed by atoms with E-state index in [-0.39, 0.29) is 31.3 Å². The van der Waals surface area contributed by atoms with E-state index in [1.165, 1.54) is 6.21 Å². The molecule has 0 aliphatic carbocycles. The van der Waals surface area contributed by atoms with Gasteiger partial charge in [0.05, 0.1) is 6.21 Å². The van der Waals surface area contributed by atoms with Gasteiger partial charge in [-0.1, -0.05) is 36.3 Å². The van der Waals surface area contributed by atoms with Crippen LogP contribution in [0.3, 0.4) is 0 Å². The second-order valence-electron chi connectivity index (χ2n) is 5.24. The van der Waals surface area contributed by atoms with Crippen LogP contribution < -0.4 is 15.5 Å². The number of hydrogen-bond donors (Lipinski definition) is 2. The van der Waals surface area contributed by atoms with E-state index in [9.17, 15) is 9.59 Å². The molecule has 0 saturated heterocycles. The minimum absolute atomic E-state index is 0.0330. The van der Waals surface area contributed by atoms with Crippen LogP contribution in [0.25, 0.3) is 0 Å². The summed E-state index contributed by atoms with van der Waals surface area (Å²) >= 11 is 0. The SMILES string of the molecule is C#CCOc1ccccc1C=NNC(=O)CCC(=O)Nc1ccccc1. The van der Waals surface area contributed by atoms with Crippen molar-refractivity contribution >= 4 is 23.7 Å². The van der Waals surface area contributed by atoms with Crippen LogP contribution in [0.15, 0.2) is 59.7 Å². The Labute approximate surface area is 152 Å². The average Bonchev–Trinajstić information content (AvgIpc) is 2.66. The van der Waals surface area contributed by atoms with E-state index in [1.807, 2.05) is 30.3 Å². The maximum atomic E-state index is 11.8. The molecule has 0 aliphatic heterocycles. The van der Waals surface area contributed by atoms with Gasteiger partial charge >= 0.3 is 0 Å². The summed E-state index contributed by atoms with van der Waals surface area (Å²) in [6.07, 6.45) is 6.74. The summed E-state index contributed by atoms with van der Waals surface area (Å²) < 4.78 is 5.39. The van der Waals surface area contributed by atoms with E-state index < -0.39 is 0 Å². The van der Waals surface area contributed by atoms with Gasteiger partial charge in [0.25, 0.3) is 0 Å². The average molecular weight is 349 g/mol. The summed E-state index contributed by atoms with van der Waals surface area (Å²) in [5, 5.41) is 6.60. The highest BCUT2D eigenvalue weighted by molar-refractivity contribution is 5.93. The fraction of sp³-hybridized carbons (Fsp3) is 0.150. The Bertz CT molecular complexity index is 811. The van der Waals surface area contributed by atoms with Gasteiger partial charge in [-0.05, 0) is 24.3 Å². The molecule has 0 saturated carbocycles. The van der Waals surface area contributed by atoms with Crippen molar-refractivity contribution in [3.8, 4) is 18.1 Å². The fourth-order valence-electron chi connectivity index (χ4n) is 2.04. The van der Waals surface area contributed by atoms with Crippen molar-refractivity contribution < 1.29 is 14.3 Å². The Hall–Kier alpha value is -3.59. The molecule has 6 nitrogen and oxygen atoms in total. The number of anilines is 1. The normalized spacial score (nSPS) is 10.1. The third-order valence-electron chi connectivity index (χ3n) is 3.26. The predicted octanol–water partition coefficient (Wildman–Crippen LogP) is 2.57. The molecule has 0 aromatic heterocycles. The molecule has 0 unspecified atom stereocenters. The summed E-state index contributed by atoms with van der Waals surface area (Å²) in [5.41, 5.74) is 3.77. The van der Waals surface area contributed by atoms with Gasteiger partial charge in [0, 0.05) is 24.1 Å². The number of nitrogens with zero attached hydrogens (tertiary/aromatic N) is 1. The minimum Gasteiger partial charge on any atom is -0.480 e. The van der Waals surface area contributed by atoms with Crippen molar-refractivity contribution in [2.45, 2.75) is 12.8 Å². The number of hydrazone groups is 1. The molecule has 0 heterocycles. The smallest absolute Gasteiger partial charge is 0.240 e. The molecule has 2 amide bonds. The zero-order chi connectivity index (χ0) is 18.6. The molecule has 2 N–H and O–H groups in total. The Morgan fingerprint density at radius 3 is 2.50 bits per heavy atom. The first-order valence-electron chi connectivity index (χ1n) is 8.01. The van der Waals surface area contributed by atoms with Gasteiger partial charge in [-0.15, -0.1) is 6.42 Å². The van der Waals surface area contributed by atoms with Gasteiger partial charge in [-0.2, -0.15) is 5.10 Å². The number of rotatable bonds is 8. The van der Waals surface area contributed by atoms with Crippen molar-refractivity contribution in [2.75, 3.05) is 11.9 Å². The Morgan fingerprint density at radius 1 is 1.04 bits per heavy atom. The van der Waals surface area contributed by atoms with Crippen LogP contribution in [0.2, 0.25) is 0 Å². The third kappa shape index (κ3) is 6.49. The molecule has 2 rings (SSSR count). The standard InChI is InChI=1S/C20H19N3O3/c1-2-14-26-18-11-7-6-8-16(18)15-21-23-20(25)13-12-19(24)22-17-9-4-3-5-10-17/h1,3-11,15H,12-14H2,(H,22,24)(H,23,25). The van der Waals surface area contributed by atoms with Crippen LogP contribution in [0.5, 0.6) is 5.75 Å². The van der Waals surface area contributed by atoms with Crippen LogP contribution >= 0.6 is 0 Å². The number of para-hydroxylation sites is 2. The molecule has 6 heteroatoms. The van der Waals surface area contributed by atoms with Crippen LogP contribution in [-0.2, 0) is 9.59 Å². The lowest BCUT2D eigenvalue weighted by Gasteiger charge is -2.06. The van der Waals surface area contributed by atoms with Gasteiger partial charge in [0.1, 0.15) is 12.4 Å². The largest absolute Gasteiger partial charge is 0.480 e.